The molecule has 0 aliphatic rings. The molecule has 16 heavy (non-hydrogen) atoms. The molecule has 0 bridgehead atoms. The number of carbonyl (C=O) groups excluding carboxylic acids is 1. The predicted molar refractivity (Wildman–Crippen MR) is 70.9 cm³/mol. The fourth-order valence-corrected chi connectivity index (χ4v) is 1.85. The topological polar surface area (TPSA) is 20.3 Å². The second-order valence-electron chi connectivity index (χ2n) is 3.91. The average molecular weight is 284 g/mol. The van der Waals surface area contributed by atoms with Gasteiger partial charge in [-0.15, -0.1) is 0 Å². The summed E-state index contributed by atoms with van der Waals surface area (Å²) in [6, 6.07) is 7.76. The third-order valence-electron chi connectivity index (χ3n) is 2.52. The lowest BCUT2D eigenvalue weighted by Crippen LogP contribution is -2.27. The summed E-state index contributed by atoms with van der Waals surface area (Å²) in [7, 11) is 1.86. The first-order valence-corrected chi connectivity index (χ1v) is 6.71. The summed E-state index contributed by atoms with van der Waals surface area (Å²) in [5, 5.41) is 0.785. The molecule has 0 radical (unpaired) electrons. The van der Waals surface area contributed by atoms with Crippen molar-refractivity contribution in [3.05, 3.63) is 35.4 Å². The van der Waals surface area contributed by atoms with Gasteiger partial charge in [0.2, 0.25) is 0 Å². The quantitative estimate of drug-likeness (QED) is 0.758. The molecule has 0 fully saturated rings. The maximum Gasteiger partial charge on any atom is 0.253 e. The Bertz CT molecular complexity index is 352. The van der Waals surface area contributed by atoms with Gasteiger partial charge in [0.1, 0.15) is 0 Å². The van der Waals surface area contributed by atoms with E-state index < -0.39 is 0 Å². The summed E-state index contributed by atoms with van der Waals surface area (Å²) in [5.74, 6) is 0.108. The molecule has 0 saturated carbocycles. The van der Waals surface area contributed by atoms with Crippen LogP contribution in [0.25, 0.3) is 0 Å². The second-order valence-corrected chi connectivity index (χ2v) is 4.48. The number of unbranched alkanes of at least 4 members (excludes halogenated alkanes) is 1. The summed E-state index contributed by atoms with van der Waals surface area (Å²) < 4.78 is 0. The molecule has 0 unspecified atom stereocenters. The fourth-order valence-electron chi connectivity index (χ4n) is 1.50. The Labute approximate surface area is 106 Å². The Kier molecular flexibility index (Phi) is 5.53. The zero-order valence-corrected chi connectivity index (χ0v) is 11.5. The van der Waals surface area contributed by atoms with Gasteiger partial charge < -0.3 is 4.90 Å². The minimum atomic E-state index is 0.108. The van der Waals surface area contributed by atoms with Crippen LogP contribution in [0, 0.1) is 0 Å². The Morgan fingerprint density at radius 2 is 2.19 bits per heavy atom. The van der Waals surface area contributed by atoms with Crippen molar-refractivity contribution in [2.24, 2.45) is 0 Å². The van der Waals surface area contributed by atoms with Crippen LogP contribution in [0.15, 0.2) is 24.3 Å². The molecule has 1 aromatic rings. The standard InChI is InChI=1S/C13H18BrNO/c1-3-4-8-15(2)13(16)12-7-5-6-11(9-12)10-14/h5-7,9H,3-4,8,10H2,1-2H3. The van der Waals surface area contributed by atoms with Gasteiger partial charge in [0.15, 0.2) is 0 Å². The molecule has 0 N–H and O–H groups in total. The fraction of sp³-hybridized carbons (Fsp3) is 0.462. The highest BCUT2D eigenvalue weighted by Crippen LogP contribution is 2.11. The third kappa shape index (κ3) is 3.63. The third-order valence-corrected chi connectivity index (χ3v) is 3.17. The molecule has 3 heteroatoms. The minimum Gasteiger partial charge on any atom is -0.342 e. The van der Waals surface area contributed by atoms with Crippen molar-refractivity contribution in [1.29, 1.82) is 0 Å². The van der Waals surface area contributed by atoms with Crippen molar-refractivity contribution in [3.8, 4) is 0 Å². The Morgan fingerprint density at radius 1 is 1.44 bits per heavy atom. The molecule has 0 heterocycles. The van der Waals surface area contributed by atoms with Crippen LogP contribution in [0.3, 0.4) is 0 Å². The smallest absolute Gasteiger partial charge is 0.253 e. The van der Waals surface area contributed by atoms with E-state index in [1.807, 2.05) is 31.3 Å². The predicted octanol–water partition coefficient (Wildman–Crippen LogP) is 3.45. The van der Waals surface area contributed by atoms with Gasteiger partial charge in [-0.25, -0.2) is 0 Å². The largest absolute Gasteiger partial charge is 0.342 e. The SMILES string of the molecule is CCCCN(C)C(=O)c1cccc(CBr)c1. The van der Waals surface area contributed by atoms with Crippen LogP contribution in [0.4, 0.5) is 0 Å². The van der Waals surface area contributed by atoms with Gasteiger partial charge in [0.25, 0.3) is 5.91 Å². The number of benzene rings is 1. The number of carbonyl (C=O) groups is 1. The molecule has 88 valence electrons. The van der Waals surface area contributed by atoms with Crippen molar-refractivity contribution in [3.63, 3.8) is 0 Å². The number of hydrogen-bond donors (Lipinski definition) is 0. The first-order valence-electron chi connectivity index (χ1n) is 5.59. The van der Waals surface area contributed by atoms with Gasteiger partial charge in [-0.1, -0.05) is 41.4 Å². The van der Waals surface area contributed by atoms with Crippen LogP contribution in [-0.2, 0) is 5.33 Å². The molecule has 1 amide bonds. The Hall–Kier alpha value is -0.830. The van der Waals surface area contributed by atoms with Crippen LogP contribution in [-0.4, -0.2) is 24.4 Å². The molecular formula is C13H18BrNO. The maximum absolute atomic E-state index is 12.0. The molecular weight excluding hydrogens is 266 g/mol. The molecule has 0 aliphatic carbocycles. The first kappa shape index (κ1) is 13.2. The van der Waals surface area contributed by atoms with Crippen LogP contribution in [0.5, 0.6) is 0 Å². The molecule has 0 spiro atoms. The van der Waals surface area contributed by atoms with Crippen LogP contribution >= 0.6 is 15.9 Å². The molecule has 2 nitrogen and oxygen atoms in total. The minimum absolute atomic E-state index is 0.108. The zero-order chi connectivity index (χ0) is 12.0. The normalized spacial score (nSPS) is 10.2. The van der Waals surface area contributed by atoms with E-state index in [-0.39, 0.29) is 5.91 Å². The van der Waals surface area contributed by atoms with Crippen LogP contribution < -0.4 is 0 Å². The molecule has 0 aromatic heterocycles. The monoisotopic (exact) mass is 283 g/mol. The number of nitrogens with zero attached hydrogens (tertiary/aromatic N) is 1. The van der Waals surface area contributed by atoms with Gasteiger partial charge in [-0.2, -0.15) is 0 Å². The zero-order valence-electron chi connectivity index (χ0n) is 9.87. The maximum atomic E-state index is 12.0. The number of amides is 1. The number of alkyl halides is 1. The number of halogens is 1. The van der Waals surface area contributed by atoms with Gasteiger partial charge >= 0.3 is 0 Å². The highest BCUT2D eigenvalue weighted by molar-refractivity contribution is 9.08. The van der Waals surface area contributed by atoms with E-state index in [4.69, 9.17) is 0 Å². The van der Waals surface area contributed by atoms with Crippen molar-refractivity contribution in [2.45, 2.75) is 25.1 Å². The van der Waals surface area contributed by atoms with Gasteiger partial charge in [0, 0.05) is 24.5 Å². The molecule has 0 aliphatic heterocycles. The Morgan fingerprint density at radius 3 is 2.81 bits per heavy atom. The highest BCUT2D eigenvalue weighted by atomic mass is 79.9. The van der Waals surface area contributed by atoms with E-state index in [0.29, 0.717) is 0 Å². The van der Waals surface area contributed by atoms with E-state index >= 15 is 0 Å². The lowest BCUT2D eigenvalue weighted by molar-refractivity contribution is 0.0793. The first-order chi connectivity index (χ1) is 7.69. The number of rotatable bonds is 5. The summed E-state index contributed by atoms with van der Waals surface area (Å²) in [6.45, 7) is 2.96. The van der Waals surface area contributed by atoms with Gasteiger partial charge in [0.05, 0.1) is 0 Å². The highest BCUT2D eigenvalue weighted by Gasteiger charge is 2.10. The summed E-state index contributed by atoms with van der Waals surface area (Å²) >= 11 is 3.39. The molecule has 1 rings (SSSR count). The van der Waals surface area contributed by atoms with Crippen molar-refractivity contribution in [2.75, 3.05) is 13.6 Å². The summed E-state index contributed by atoms with van der Waals surface area (Å²) in [5.41, 5.74) is 1.91. The van der Waals surface area contributed by atoms with E-state index in [9.17, 15) is 4.79 Å². The van der Waals surface area contributed by atoms with Crippen LogP contribution in [0.2, 0.25) is 0 Å². The molecule has 1 aromatic carbocycles. The molecule has 0 atom stereocenters. The van der Waals surface area contributed by atoms with Gasteiger partial charge in [-0.05, 0) is 24.1 Å². The number of hydrogen-bond acceptors (Lipinski definition) is 1. The van der Waals surface area contributed by atoms with Gasteiger partial charge in [-0.3, -0.25) is 4.79 Å². The van der Waals surface area contributed by atoms with Crippen molar-refractivity contribution >= 4 is 21.8 Å². The van der Waals surface area contributed by atoms with E-state index in [1.165, 1.54) is 0 Å². The second kappa shape index (κ2) is 6.69. The van der Waals surface area contributed by atoms with Crippen molar-refractivity contribution < 1.29 is 4.79 Å². The average Bonchev–Trinajstić information content (AvgIpc) is 2.35. The van der Waals surface area contributed by atoms with Crippen molar-refractivity contribution in [1.82, 2.24) is 4.90 Å². The van der Waals surface area contributed by atoms with Crippen LogP contribution in [0.1, 0.15) is 35.7 Å². The lowest BCUT2D eigenvalue weighted by Gasteiger charge is -2.16. The van der Waals surface area contributed by atoms with E-state index in [1.54, 1.807) is 4.90 Å². The lowest BCUT2D eigenvalue weighted by atomic mass is 10.1. The van der Waals surface area contributed by atoms with E-state index in [0.717, 1.165) is 35.8 Å². The van der Waals surface area contributed by atoms with E-state index in [2.05, 4.69) is 22.9 Å². The summed E-state index contributed by atoms with van der Waals surface area (Å²) in [4.78, 5) is 13.8. The molecule has 0 saturated heterocycles. The summed E-state index contributed by atoms with van der Waals surface area (Å²) in [6.07, 6.45) is 2.17. The Balaban J connectivity index is 2.71.